The molecule has 0 heterocycles. The van der Waals surface area contributed by atoms with Gasteiger partial charge in [-0.25, -0.2) is 4.39 Å². The maximum absolute atomic E-state index is 13.5. The van der Waals surface area contributed by atoms with Crippen molar-refractivity contribution >= 4 is 11.8 Å². The van der Waals surface area contributed by atoms with Gasteiger partial charge < -0.3 is 5.11 Å². The van der Waals surface area contributed by atoms with Crippen molar-refractivity contribution in [3.63, 3.8) is 0 Å². The fourth-order valence-corrected chi connectivity index (χ4v) is 2.40. The summed E-state index contributed by atoms with van der Waals surface area (Å²) >= 11 is 1.77. The van der Waals surface area contributed by atoms with E-state index in [1.165, 1.54) is 6.07 Å². The molecule has 0 saturated carbocycles. The highest BCUT2D eigenvalue weighted by Crippen LogP contribution is 2.18. The van der Waals surface area contributed by atoms with Gasteiger partial charge in [0.1, 0.15) is 5.82 Å². The van der Waals surface area contributed by atoms with Crippen LogP contribution in [0.15, 0.2) is 24.3 Å². The van der Waals surface area contributed by atoms with Crippen LogP contribution in [0.3, 0.4) is 0 Å². The standard InChI is InChI=1S/C13H20FNOS/c1-10(9-17-3)15(2)8-13(16)11-6-4-5-7-12(11)14/h4-7,10,13,16H,8-9H2,1-3H3. The topological polar surface area (TPSA) is 23.5 Å². The first kappa shape index (κ1) is 14.5. The van der Waals surface area contributed by atoms with Crippen LogP contribution < -0.4 is 0 Å². The van der Waals surface area contributed by atoms with Gasteiger partial charge in [0.25, 0.3) is 0 Å². The molecule has 4 heteroatoms. The third-order valence-electron chi connectivity index (χ3n) is 2.89. The zero-order valence-corrected chi connectivity index (χ0v) is 11.4. The molecule has 0 radical (unpaired) electrons. The van der Waals surface area contributed by atoms with Gasteiger partial charge in [-0.1, -0.05) is 18.2 Å². The monoisotopic (exact) mass is 257 g/mol. The normalized spacial score (nSPS) is 14.9. The number of thioether (sulfide) groups is 1. The molecule has 0 aliphatic carbocycles. The van der Waals surface area contributed by atoms with Crippen LogP contribution in [0, 0.1) is 5.82 Å². The number of hydrogen-bond donors (Lipinski definition) is 1. The Morgan fingerprint density at radius 3 is 2.65 bits per heavy atom. The first-order valence-corrected chi connectivity index (χ1v) is 7.07. The van der Waals surface area contributed by atoms with Gasteiger partial charge in [0.15, 0.2) is 0 Å². The smallest absolute Gasteiger partial charge is 0.129 e. The van der Waals surface area contributed by atoms with E-state index in [-0.39, 0.29) is 5.82 Å². The van der Waals surface area contributed by atoms with E-state index in [1.807, 2.05) is 11.9 Å². The molecule has 17 heavy (non-hydrogen) atoms. The lowest BCUT2D eigenvalue weighted by molar-refractivity contribution is 0.110. The van der Waals surface area contributed by atoms with Crippen molar-refractivity contribution in [1.82, 2.24) is 4.90 Å². The molecule has 96 valence electrons. The minimum absolute atomic E-state index is 0.342. The molecule has 1 rings (SSSR count). The average molecular weight is 257 g/mol. The second-order valence-corrected chi connectivity index (χ2v) is 5.19. The highest BCUT2D eigenvalue weighted by molar-refractivity contribution is 7.98. The quantitative estimate of drug-likeness (QED) is 0.847. The summed E-state index contributed by atoms with van der Waals surface area (Å²) in [5, 5.41) is 10.0. The van der Waals surface area contributed by atoms with E-state index in [2.05, 4.69) is 13.2 Å². The molecule has 0 saturated heterocycles. The van der Waals surface area contributed by atoms with Crippen molar-refractivity contribution in [2.75, 3.05) is 25.6 Å². The summed E-state index contributed by atoms with van der Waals surface area (Å²) in [5.41, 5.74) is 0.371. The molecule has 0 spiro atoms. The molecule has 0 bridgehead atoms. The molecule has 2 atom stereocenters. The summed E-state index contributed by atoms with van der Waals surface area (Å²) in [6.07, 6.45) is 1.28. The van der Waals surface area contributed by atoms with E-state index in [9.17, 15) is 9.50 Å². The van der Waals surface area contributed by atoms with Crippen molar-refractivity contribution in [2.24, 2.45) is 0 Å². The highest BCUT2D eigenvalue weighted by atomic mass is 32.2. The zero-order valence-electron chi connectivity index (χ0n) is 10.6. The molecule has 1 aromatic rings. The van der Waals surface area contributed by atoms with Crippen molar-refractivity contribution in [3.8, 4) is 0 Å². The Hall–Kier alpha value is -0.580. The van der Waals surface area contributed by atoms with Crippen molar-refractivity contribution < 1.29 is 9.50 Å². The number of hydrogen-bond acceptors (Lipinski definition) is 3. The predicted octanol–water partition coefficient (Wildman–Crippen LogP) is 2.54. The Morgan fingerprint density at radius 1 is 1.41 bits per heavy atom. The summed E-state index contributed by atoms with van der Waals surface area (Å²) in [4.78, 5) is 2.05. The van der Waals surface area contributed by atoms with Gasteiger partial charge in [-0.3, -0.25) is 4.90 Å². The minimum Gasteiger partial charge on any atom is -0.387 e. The van der Waals surface area contributed by atoms with Crippen molar-refractivity contribution in [1.29, 1.82) is 0 Å². The second kappa shape index (κ2) is 6.99. The summed E-state index contributed by atoms with van der Waals surface area (Å²) < 4.78 is 13.5. The fourth-order valence-electron chi connectivity index (χ4n) is 1.66. The fraction of sp³-hybridized carbons (Fsp3) is 0.538. The van der Waals surface area contributed by atoms with E-state index in [4.69, 9.17) is 0 Å². The molecule has 1 N–H and O–H groups in total. The summed E-state index contributed by atoms with van der Waals surface area (Å²) in [5.74, 6) is 0.659. The molecule has 0 fully saturated rings. The van der Waals surface area contributed by atoms with Gasteiger partial charge in [-0.2, -0.15) is 11.8 Å². The van der Waals surface area contributed by atoms with Crippen molar-refractivity contribution in [2.45, 2.75) is 19.1 Å². The largest absolute Gasteiger partial charge is 0.387 e. The Balaban J connectivity index is 2.60. The molecule has 0 amide bonds. The van der Waals surface area contributed by atoms with E-state index in [0.717, 1.165) is 5.75 Å². The van der Waals surface area contributed by atoms with Crippen LogP contribution in [-0.4, -0.2) is 41.6 Å². The number of rotatable bonds is 6. The minimum atomic E-state index is -0.773. The van der Waals surface area contributed by atoms with Crippen LogP contribution in [0.4, 0.5) is 4.39 Å². The number of likely N-dealkylation sites (N-methyl/N-ethyl adjacent to an activating group) is 1. The van der Waals surface area contributed by atoms with Gasteiger partial charge in [0.05, 0.1) is 6.10 Å². The molecule has 0 aliphatic rings. The SMILES string of the molecule is CSCC(C)N(C)CC(O)c1ccccc1F. The summed E-state index contributed by atoms with van der Waals surface area (Å²) in [6.45, 7) is 2.55. The van der Waals surface area contributed by atoms with E-state index in [1.54, 1.807) is 30.0 Å². The van der Waals surface area contributed by atoms with Crippen LogP contribution in [-0.2, 0) is 0 Å². The maximum atomic E-state index is 13.5. The second-order valence-electron chi connectivity index (χ2n) is 4.28. The van der Waals surface area contributed by atoms with Gasteiger partial charge in [0, 0.05) is 23.9 Å². The number of benzene rings is 1. The van der Waals surface area contributed by atoms with Crippen LogP contribution in [0.2, 0.25) is 0 Å². The number of nitrogens with zero attached hydrogens (tertiary/aromatic N) is 1. The lowest BCUT2D eigenvalue weighted by Crippen LogP contribution is -2.34. The molecular weight excluding hydrogens is 237 g/mol. The first-order valence-electron chi connectivity index (χ1n) is 5.68. The van der Waals surface area contributed by atoms with Gasteiger partial charge in [-0.05, 0) is 26.3 Å². The maximum Gasteiger partial charge on any atom is 0.129 e. The Labute approximate surface area is 107 Å². The van der Waals surface area contributed by atoms with Gasteiger partial charge >= 0.3 is 0 Å². The lowest BCUT2D eigenvalue weighted by Gasteiger charge is -2.26. The van der Waals surface area contributed by atoms with Gasteiger partial charge in [-0.15, -0.1) is 0 Å². The van der Waals surface area contributed by atoms with Crippen molar-refractivity contribution in [3.05, 3.63) is 35.6 Å². The Bertz CT molecular complexity index is 348. The third kappa shape index (κ3) is 4.30. The summed E-state index contributed by atoms with van der Waals surface area (Å²) in [6, 6.07) is 6.75. The number of aliphatic hydroxyl groups is 1. The van der Waals surface area contributed by atoms with Crippen LogP contribution >= 0.6 is 11.8 Å². The number of halogens is 1. The van der Waals surface area contributed by atoms with Crippen LogP contribution in [0.5, 0.6) is 0 Å². The van der Waals surface area contributed by atoms with Crippen LogP contribution in [0.1, 0.15) is 18.6 Å². The molecule has 1 aromatic carbocycles. The van der Waals surface area contributed by atoms with E-state index in [0.29, 0.717) is 18.2 Å². The highest BCUT2D eigenvalue weighted by Gasteiger charge is 2.17. The van der Waals surface area contributed by atoms with Gasteiger partial charge in [0.2, 0.25) is 0 Å². The van der Waals surface area contributed by atoms with E-state index < -0.39 is 6.10 Å². The zero-order chi connectivity index (χ0) is 12.8. The molecule has 0 aliphatic heterocycles. The summed E-state index contributed by atoms with van der Waals surface area (Å²) in [7, 11) is 1.95. The molecule has 2 nitrogen and oxygen atoms in total. The Morgan fingerprint density at radius 2 is 2.06 bits per heavy atom. The third-order valence-corrected chi connectivity index (χ3v) is 3.70. The Kier molecular flexibility index (Phi) is 5.95. The molecule has 2 unspecified atom stereocenters. The number of aliphatic hydroxyl groups excluding tert-OH is 1. The lowest BCUT2D eigenvalue weighted by atomic mass is 10.1. The molecular formula is C13H20FNOS. The average Bonchev–Trinajstić information content (AvgIpc) is 2.29. The van der Waals surface area contributed by atoms with Crippen LogP contribution in [0.25, 0.3) is 0 Å². The predicted molar refractivity (Wildman–Crippen MR) is 71.8 cm³/mol. The van der Waals surface area contributed by atoms with E-state index >= 15 is 0 Å². The molecule has 0 aromatic heterocycles. The first-order chi connectivity index (χ1) is 8.06.